The molecule has 0 spiro atoms. The Kier molecular flexibility index (Phi) is 7.48. The molecule has 2 amide bonds. The third-order valence-corrected chi connectivity index (χ3v) is 4.41. The van der Waals surface area contributed by atoms with Crippen LogP contribution in [-0.4, -0.2) is 70.4 Å². The second-order valence-corrected chi connectivity index (χ2v) is 6.26. The van der Waals surface area contributed by atoms with Crippen molar-refractivity contribution in [1.29, 1.82) is 0 Å². The summed E-state index contributed by atoms with van der Waals surface area (Å²) in [7, 11) is 0. The summed E-state index contributed by atoms with van der Waals surface area (Å²) in [6, 6.07) is 0. The number of imidazole rings is 1. The molecule has 1 aromatic heterocycles. The topological polar surface area (TPSA) is 70.5 Å². The van der Waals surface area contributed by atoms with Crippen molar-refractivity contribution in [2.75, 3.05) is 39.3 Å². The smallest absolute Gasteiger partial charge is 0.234 e. The second kappa shape index (κ2) is 9.84. The number of terminal acetylenes is 1. The average molecular weight is 345 g/mol. The van der Waals surface area contributed by atoms with Crippen molar-refractivity contribution in [1.82, 2.24) is 24.7 Å². The SMILES string of the molecule is C#CCNC(=O)CN1CCCN(C(=O)CCCn2ccnc2C)CC1. The number of amides is 2. The Morgan fingerprint density at radius 2 is 2.16 bits per heavy atom. The van der Waals surface area contributed by atoms with Crippen molar-refractivity contribution in [3.8, 4) is 12.3 Å². The second-order valence-electron chi connectivity index (χ2n) is 6.26. The molecule has 7 heteroatoms. The van der Waals surface area contributed by atoms with Crippen LogP contribution in [0, 0.1) is 19.3 Å². The first kappa shape index (κ1) is 19.0. The van der Waals surface area contributed by atoms with Crippen molar-refractivity contribution in [2.24, 2.45) is 0 Å². The van der Waals surface area contributed by atoms with E-state index in [1.807, 2.05) is 18.0 Å². The summed E-state index contributed by atoms with van der Waals surface area (Å²) < 4.78 is 2.06. The largest absolute Gasteiger partial charge is 0.344 e. The van der Waals surface area contributed by atoms with Crippen LogP contribution in [0.25, 0.3) is 0 Å². The molecule has 1 aliphatic heterocycles. The maximum atomic E-state index is 12.4. The molecule has 0 aromatic carbocycles. The van der Waals surface area contributed by atoms with Crippen molar-refractivity contribution in [3.63, 3.8) is 0 Å². The first-order valence-electron chi connectivity index (χ1n) is 8.78. The van der Waals surface area contributed by atoms with E-state index >= 15 is 0 Å². The molecule has 1 fully saturated rings. The normalized spacial score (nSPS) is 15.4. The number of hydrogen-bond acceptors (Lipinski definition) is 4. The molecule has 0 atom stereocenters. The number of aryl methyl sites for hydroxylation is 2. The molecule has 0 saturated carbocycles. The minimum atomic E-state index is -0.0616. The Morgan fingerprint density at radius 1 is 1.32 bits per heavy atom. The van der Waals surface area contributed by atoms with Crippen molar-refractivity contribution in [3.05, 3.63) is 18.2 Å². The van der Waals surface area contributed by atoms with E-state index in [4.69, 9.17) is 6.42 Å². The van der Waals surface area contributed by atoms with E-state index in [0.29, 0.717) is 19.5 Å². The quantitative estimate of drug-likeness (QED) is 0.720. The van der Waals surface area contributed by atoms with Gasteiger partial charge in [-0.05, 0) is 19.8 Å². The van der Waals surface area contributed by atoms with E-state index < -0.39 is 0 Å². The lowest BCUT2D eigenvalue weighted by molar-refractivity contribution is -0.131. The summed E-state index contributed by atoms with van der Waals surface area (Å²) in [6.07, 6.45) is 11.1. The zero-order chi connectivity index (χ0) is 18.1. The van der Waals surface area contributed by atoms with E-state index in [1.54, 1.807) is 6.20 Å². The van der Waals surface area contributed by atoms with E-state index in [0.717, 1.165) is 44.8 Å². The molecule has 1 aliphatic rings. The minimum absolute atomic E-state index is 0.0616. The highest BCUT2D eigenvalue weighted by Crippen LogP contribution is 2.07. The summed E-state index contributed by atoms with van der Waals surface area (Å²) in [6.45, 7) is 6.34. The summed E-state index contributed by atoms with van der Waals surface area (Å²) in [5.74, 6) is 3.50. The van der Waals surface area contributed by atoms with Gasteiger partial charge < -0.3 is 14.8 Å². The molecule has 0 unspecified atom stereocenters. The van der Waals surface area contributed by atoms with Gasteiger partial charge in [0, 0.05) is 51.5 Å². The maximum absolute atomic E-state index is 12.4. The summed E-state index contributed by atoms with van der Waals surface area (Å²) in [4.78, 5) is 32.3. The third-order valence-electron chi connectivity index (χ3n) is 4.41. The Morgan fingerprint density at radius 3 is 2.88 bits per heavy atom. The van der Waals surface area contributed by atoms with E-state index in [2.05, 4.69) is 25.7 Å². The molecule has 1 saturated heterocycles. The summed E-state index contributed by atoms with van der Waals surface area (Å²) in [5.41, 5.74) is 0. The molecule has 136 valence electrons. The zero-order valence-electron chi connectivity index (χ0n) is 14.9. The Bertz CT molecular complexity index is 619. The predicted octanol–water partition coefficient (Wildman–Crippen LogP) is 0.255. The number of nitrogens with one attached hydrogen (secondary N) is 1. The molecule has 25 heavy (non-hydrogen) atoms. The fraction of sp³-hybridized carbons (Fsp3) is 0.611. The van der Waals surface area contributed by atoms with Gasteiger partial charge in [-0.2, -0.15) is 0 Å². The van der Waals surface area contributed by atoms with Crippen LogP contribution in [0.3, 0.4) is 0 Å². The molecule has 2 rings (SSSR count). The van der Waals surface area contributed by atoms with E-state index in [9.17, 15) is 9.59 Å². The van der Waals surface area contributed by atoms with E-state index in [-0.39, 0.29) is 18.4 Å². The number of aromatic nitrogens is 2. The minimum Gasteiger partial charge on any atom is -0.344 e. The highest BCUT2D eigenvalue weighted by Gasteiger charge is 2.20. The highest BCUT2D eigenvalue weighted by molar-refractivity contribution is 5.78. The van der Waals surface area contributed by atoms with Crippen LogP contribution in [-0.2, 0) is 16.1 Å². The molecule has 1 N–H and O–H groups in total. The monoisotopic (exact) mass is 345 g/mol. The lowest BCUT2D eigenvalue weighted by Crippen LogP contribution is -2.40. The number of hydrogen-bond donors (Lipinski definition) is 1. The van der Waals surface area contributed by atoms with Crippen LogP contribution < -0.4 is 5.32 Å². The van der Waals surface area contributed by atoms with Gasteiger partial charge in [0.05, 0.1) is 13.1 Å². The zero-order valence-corrected chi connectivity index (χ0v) is 14.9. The molecule has 2 heterocycles. The van der Waals surface area contributed by atoms with Gasteiger partial charge in [0.2, 0.25) is 11.8 Å². The predicted molar refractivity (Wildman–Crippen MR) is 95.7 cm³/mol. The van der Waals surface area contributed by atoms with E-state index in [1.165, 1.54) is 0 Å². The number of carbonyl (C=O) groups is 2. The van der Waals surface area contributed by atoms with Crippen LogP contribution in [0.4, 0.5) is 0 Å². The lowest BCUT2D eigenvalue weighted by atomic mass is 10.2. The standard InChI is InChI=1S/C18H27N5O2/c1-3-7-20-17(24)15-21-9-5-11-23(14-13-21)18(25)6-4-10-22-12-8-19-16(22)2/h1,8,12H,4-7,9-11,13-15H2,2H3,(H,20,24). The van der Waals surface area contributed by atoms with Crippen LogP contribution in [0.2, 0.25) is 0 Å². The van der Waals surface area contributed by atoms with Crippen molar-refractivity contribution >= 4 is 11.8 Å². The molecular weight excluding hydrogens is 318 g/mol. The van der Waals surface area contributed by atoms with Gasteiger partial charge in [0.1, 0.15) is 5.82 Å². The highest BCUT2D eigenvalue weighted by atomic mass is 16.2. The Balaban J connectivity index is 1.70. The number of rotatable bonds is 7. The molecule has 1 aromatic rings. The van der Waals surface area contributed by atoms with Crippen LogP contribution in [0.1, 0.15) is 25.1 Å². The molecule has 0 aliphatic carbocycles. The molecule has 0 bridgehead atoms. The van der Waals surface area contributed by atoms with Gasteiger partial charge in [-0.3, -0.25) is 14.5 Å². The Hall–Kier alpha value is -2.33. The molecule has 7 nitrogen and oxygen atoms in total. The molecular formula is C18H27N5O2. The summed E-state index contributed by atoms with van der Waals surface area (Å²) >= 11 is 0. The van der Waals surface area contributed by atoms with Gasteiger partial charge in [0.25, 0.3) is 0 Å². The van der Waals surface area contributed by atoms with Crippen LogP contribution in [0.5, 0.6) is 0 Å². The van der Waals surface area contributed by atoms with Gasteiger partial charge in [0.15, 0.2) is 0 Å². The van der Waals surface area contributed by atoms with Crippen molar-refractivity contribution < 1.29 is 9.59 Å². The van der Waals surface area contributed by atoms with Gasteiger partial charge >= 0.3 is 0 Å². The van der Waals surface area contributed by atoms with Crippen LogP contribution in [0.15, 0.2) is 12.4 Å². The first-order chi connectivity index (χ1) is 12.1. The fourth-order valence-electron chi connectivity index (χ4n) is 2.99. The number of nitrogens with zero attached hydrogens (tertiary/aromatic N) is 4. The average Bonchev–Trinajstić information content (AvgIpc) is 2.86. The molecule has 0 radical (unpaired) electrons. The summed E-state index contributed by atoms with van der Waals surface area (Å²) in [5, 5.41) is 2.68. The van der Waals surface area contributed by atoms with Crippen LogP contribution >= 0.6 is 0 Å². The third kappa shape index (κ3) is 6.24. The fourth-order valence-corrected chi connectivity index (χ4v) is 2.99. The first-order valence-corrected chi connectivity index (χ1v) is 8.78. The van der Waals surface area contributed by atoms with Gasteiger partial charge in [-0.25, -0.2) is 4.98 Å². The van der Waals surface area contributed by atoms with Crippen molar-refractivity contribution in [2.45, 2.75) is 32.7 Å². The Labute approximate surface area is 149 Å². The lowest BCUT2D eigenvalue weighted by Gasteiger charge is -2.21. The van der Waals surface area contributed by atoms with Gasteiger partial charge in [-0.1, -0.05) is 5.92 Å². The maximum Gasteiger partial charge on any atom is 0.234 e. The van der Waals surface area contributed by atoms with Gasteiger partial charge in [-0.15, -0.1) is 6.42 Å². The number of carbonyl (C=O) groups excluding carboxylic acids is 2.